The third kappa shape index (κ3) is 4.13. The molecule has 0 spiro atoms. The maximum absolute atomic E-state index is 12.0. The lowest BCUT2D eigenvalue weighted by Crippen LogP contribution is -2.01. The first-order chi connectivity index (χ1) is 6.68. The van der Waals surface area contributed by atoms with E-state index in [4.69, 9.17) is 0 Å². The van der Waals surface area contributed by atoms with Crippen LogP contribution >= 0.6 is 11.8 Å². The minimum absolute atomic E-state index is 0.114. The second-order valence-electron chi connectivity index (χ2n) is 2.79. The molecule has 0 fully saturated rings. The Bertz CT molecular complexity index is 451. The fourth-order valence-electron chi connectivity index (χ4n) is 0.902. The van der Waals surface area contributed by atoms with E-state index in [9.17, 15) is 21.6 Å². The monoisotopic (exact) mass is 256 g/mol. The number of halogens is 3. The summed E-state index contributed by atoms with van der Waals surface area (Å²) < 4.78 is 58.1. The molecular formula is C8H7F3O2S2. The van der Waals surface area contributed by atoms with Gasteiger partial charge in [0.2, 0.25) is 0 Å². The fraction of sp³-hybridized carbons (Fsp3) is 0.250. The molecule has 15 heavy (non-hydrogen) atoms. The Labute approximate surface area is 89.4 Å². The third-order valence-electron chi connectivity index (χ3n) is 1.47. The summed E-state index contributed by atoms with van der Waals surface area (Å²) in [6.45, 7) is 0. The predicted molar refractivity (Wildman–Crippen MR) is 51.5 cm³/mol. The maximum Gasteiger partial charge on any atom is 0.446 e. The van der Waals surface area contributed by atoms with E-state index in [0.29, 0.717) is 0 Å². The van der Waals surface area contributed by atoms with E-state index in [1.165, 1.54) is 18.2 Å². The molecule has 0 amide bonds. The van der Waals surface area contributed by atoms with Crippen LogP contribution in [0.2, 0.25) is 0 Å². The molecule has 0 radical (unpaired) electrons. The SMILES string of the molecule is CS(=O)(=O)c1cccc(SC(F)(F)F)c1. The van der Waals surface area contributed by atoms with Crippen LogP contribution in [0.25, 0.3) is 0 Å². The summed E-state index contributed by atoms with van der Waals surface area (Å²) in [6.07, 6.45) is 0.949. The van der Waals surface area contributed by atoms with E-state index < -0.39 is 15.3 Å². The maximum atomic E-state index is 12.0. The van der Waals surface area contributed by atoms with Gasteiger partial charge in [-0.15, -0.1) is 0 Å². The van der Waals surface area contributed by atoms with Crippen molar-refractivity contribution in [1.29, 1.82) is 0 Å². The summed E-state index contributed by atoms with van der Waals surface area (Å²) >= 11 is -0.333. The van der Waals surface area contributed by atoms with E-state index in [0.717, 1.165) is 12.3 Å². The molecule has 0 saturated carbocycles. The first kappa shape index (κ1) is 12.4. The molecule has 84 valence electrons. The Morgan fingerprint density at radius 2 is 1.87 bits per heavy atom. The van der Waals surface area contributed by atoms with Crippen LogP contribution in [0, 0.1) is 0 Å². The molecule has 0 unspecified atom stereocenters. The lowest BCUT2D eigenvalue weighted by molar-refractivity contribution is -0.0328. The van der Waals surface area contributed by atoms with Crippen molar-refractivity contribution in [3.05, 3.63) is 24.3 Å². The summed E-state index contributed by atoms with van der Waals surface area (Å²) in [6, 6.07) is 4.76. The Morgan fingerprint density at radius 1 is 1.27 bits per heavy atom. The predicted octanol–water partition coefficient (Wildman–Crippen LogP) is 2.70. The van der Waals surface area contributed by atoms with Gasteiger partial charge in [0, 0.05) is 11.2 Å². The summed E-state index contributed by atoms with van der Waals surface area (Å²) in [5, 5.41) is 0. The van der Waals surface area contributed by atoms with Gasteiger partial charge >= 0.3 is 5.51 Å². The summed E-state index contributed by atoms with van der Waals surface area (Å²) in [5.41, 5.74) is -4.41. The van der Waals surface area contributed by atoms with Crippen molar-refractivity contribution in [2.24, 2.45) is 0 Å². The van der Waals surface area contributed by atoms with Gasteiger partial charge in [-0.3, -0.25) is 0 Å². The molecular weight excluding hydrogens is 249 g/mol. The molecule has 0 aliphatic heterocycles. The van der Waals surface area contributed by atoms with Crippen molar-refractivity contribution >= 4 is 21.6 Å². The third-order valence-corrected chi connectivity index (χ3v) is 3.30. The Kier molecular flexibility index (Phi) is 3.34. The fourth-order valence-corrected chi connectivity index (χ4v) is 2.24. The summed E-state index contributed by atoms with van der Waals surface area (Å²) in [5.74, 6) is 0. The van der Waals surface area contributed by atoms with Crippen LogP contribution in [0.4, 0.5) is 13.2 Å². The average molecular weight is 256 g/mol. The van der Waals surface area contributed by atoms with Gasteiger partial charge in [-0.05, 0) is 30.0 Å². The quantitative estimate of drug-likeness (QED) is 0.763. The molecule has 0 bridgehead atoms. The van der Waals surface area contributed by atoms with Gasteiger partial charge in [0.15, 0.2) is 9.84 Å². The second-order valence-corrected chi connectivity index (χ2v) is 5.95. The summed E-state index contributed by atoms with van der Waals surface area (Å²) in [7, 11) is -3.46. The number of thioether (sulfide) groups is 1. The lowest BCUT2D eigenvalue weighted by Gasteiger charge is -2.06. The van der Waals surface area contributed by atoms with E-state index in [1.807, 2.05) is 0 Å². The van der Waals surface area contributed by atoms with Crippen molar-refractivity contribution in [1.82, 2.24) is 0 Å². The standard InChI is InChI=1S/C8H7F3O2S2/c1-15(12,13)7-4-2-3-6(5-7)14-8(9,10)11/h2-5H,1H3. The van der Waals surface area contributed by atoms with Gasteiger partial charge in [-0.25, -0.2) is 8.42 Å². The van der Waals surface area contributed by atoms with Gasteiger partial charge in [-0.2, -0.15) is 13.2 Å². The first-order valence-corrected chi connectivity index (χ1v) is 6.45. The molecule has 0 saturated heterocycles. The minimum atomic E-state index is -4.41. The van der Waals surface area contributed by atoms with E-state index in [-0.39, 0.29) is 21.6 Å². The molecule has 1 rings (SSSR count). The number of sulfone groups is 1. The molecule has 1 aromatic carbocycles. The summed E-state index contributed by atoms with van der Waals surface area (Å²) in [4.78, 5) is -0.248. The van der Waals surface area contributed by atoms with Crippen molar-refractivity contribution in [2.45, 2.75) is 15.3 Å². The molecule has 0 aliphatic carbocycles. The topological polar surface area (TPSA) is 34.1 Å². The van der Waals surface area contributed by atoms with Crippen molar-refractivity contribution in [2.75, 3.05) is 6.26 Å². The zero-order valence-electron chi connectivity index (χ0n) is 7.58. The van der Waals surface area contributed by atoms with E-state index in [2.05, 4.69) is 0 Å². The van der Waals surface area contributed by atoms with Gasteiger partial charge in [0.25, 0.3) is 0 Å². The van der Waals surface area contributed by atoms with Crippen LogP contribution in [0.1, 0.15) is 0 Å². The number of benzene rings is 1. The molecule has 2 nitrogen and oxygen atoms in total. The molecule has 0 aromatic heterocycles. The number of rotatable bonds is 2. The average Bonchev–Trinajstić information content (AvgIpc) is 1.99. The van der Waals surface area contributed by atoms with Crippen LogP contribution in [0.3, 0.4) is 0 Å². The highest BCUT2D eigenvalue weighted by atomic mass is 32.2. The van der Waals surface area contributed by atoms with Crippen LogP contribution in [0.5, 0.6) is 0 Å². The zero-order chi connectivity index (χ0) is 11.7. The zero-order valence-corrected chi connectivity index (χ0v) is 9.21. The minimum Gasteiger partial charge on any atom is -0.224 e. The van der Waals surface area contributed by atoms with Gasteiger partial charge in [0.1, 0.15) is 0 Å². The van der Waals surface area contributed by atoms with Gasteiger partial charge < -0.3 is 0 Å². The number of hydrogen-bond donors (Lipinski definition) is 0. The highest BCUT2D eigenvalue weighted by Gasteiger charge is 2.29. The second kappa shape index (κ2) is 4.05. The molecule has 0 N–H and O–H groups in total. The van der Waals surface area contributed by atoms with Gasteiger partial charge in [-0.1, -0.05) is 6.07 Å². The van der Waals surface area contributed by atoms with Gasteiger partial charge in [0.05, 0.1) is 4.90 Å². The van der Waals surface area contributed by atoms with Crippen molar-refractivity contribution in [3.63, 3.8) is 0 Å². The molecule has 0 heterocycles. The largest absolute Gasteiger partial charge is 0.446 e. The molecule has 1 aromatic rings. The van der Waals surface area contributed by atoms with Crippen LogP contribution in [-0.2, 0) is 9.84 Å². The normalized spacial score (nSPS) is 12.8. The van der Waals surface area contributed by atoms with Crippen molar-refractivity contribution in [3.8, 4) is 0 Å². The molecule has 0 atom stereocenters. The van der Waals surface area contributed by atoms with Crippen LogP contribution < -0.4 is 0 Å². The van der Waals surface area contributed by atoms with E-state index >= 15 is 0 Å². The Balaban J connectivity index is 3.04. The van der Waals surface area contributed by atoms with Crippen LogP contribution in [0.15, 0.2) is 34.1 Å². The highest BCUT2D eigenvalue weighted by Crippen LogP contribution is 2.37. The molecule has 7 heteroatoms. The Hall–Kier alpha value is -0.690. The molecule has 0 aliphatic rings. The van der Waals surface area contributed by atoms with Crippen LogP contribution in [-0.4, -0.2) is 20.2 Å². The first-order valence-electron chi connectivity index (χ1n) is 3.74. The smallest absolute Gasteiger partial charge is 0.224 e. The van der Waals surface area contributed by atoms with E-state index in [1.54, 1.807) is 0 Å². The lowest BCUT2D eigenvalue weighted by atomic mass is 10.4. The van der Waals surface area contributed by atoms with Crippen molar-refractivity contribution < 1.29 is 21.6 Å². The highest BCUT2D eigenvalue weighted by molar-refractivity contribution is 8.00. The Morgan fingerprint density at radius 3 is 2.33 bits per heavy atom. The number of hydrogen-bond acceptors (Lipinski definition) is 3. The number of alkyl halides is 3.